The first kappa shape index (κ1) is 16.0. The van der Waals surface area contributed by atoms with Gasteiger partial charge in [-0.3, -0.25) is 9.48 Å². The Morgan fingerprint density at radius 3 is 2.88 bits per heavy atom. The largest absolute Gasteiger partial charge is 0.294 e. The molecule has 7 heteroatoms. The zero-order chi connectivity index (χ0) is 17.3. The summed E-state index contributed by atoms with van der Waals surface area (Å²) in [6.07, 6.45) is 0.520. The standard InChI is InChI=1S/C17H13FN4OS/c1-10(23)16-6-12(18)3-4-15(16)17-11(9-24-21-17)5-14-7-13(8-19)20-22(14)2/h3-4,6-7,9H,5H2,1-2H3. The molecule has 5 nitrogen and oxygen atoms in total. The topological polar surface area (TPSA) is 71.6 Å². The summed E-state index contributed by atoms with van der Waals surface area (Å²) in [5.74, 6) is -0.665. The molecule has 0 amide bonds. The molecule has 2 aromatic heterocycles. The van der Waals surface area contributed by atoms with E-state index in [1.807, 2.05) is 11.4 Å². The summed E-state index contributed by atoms with van der Waals surface area (Å²) >= 11 is 1.27. The maximum Gasteiger partial charge on any atom is 0.162 e. The number of halogens is 1. The molecule has 0 atom stereocenters. The van der Waals surface area contributed by atoms with Crippen LogP contribution in [0.2, 0.25) is 0 Å². The summed E-state index contributed by atoms with van der Waals surface area (Å²) in [5, 5.41) is 14.9. The van der Waals surface area contributed by atoms with Crippen LogP contribution in [0, 0.1) is 17.1 Å². The molecule has 2 heterocycles. The van der Waals surface area contributed by atoms with Crippen molar-refractivity contribution in [3.05, 3.63) is 58.0 Å². The van der Waals surface area contributed by atoms with Crippen LogP contribution in [-0.2, 0) is 13.5 Å². The molecule has 0 N–H and O–H groups in total. The zero-order valence-electron chi connectivity index (χ0n) is 13.1. The highest BCUT2D eigenvalue weighted by molar-refractivity contribution is 7.04. The van der Waals surface area contributed by atoms with Gasteiger partial charge in [0.15, 0.2) is 11.5 Å². The van der Waals surface area contributed by atoms with Crippen LogP contribution in [0.5, 0.6) is 0 Å². The highest BCUT2D eigenvalue weighted by Crippen LogP contribution is 2.30. The van der Waals surface area contributed by atoms with E-state index in [0.29, 0.717) is 28.9 Å². The highest BCUT2D eigenvalue weighted by Gasteiger charge is 2.17. The highest BCUT2D eigenvalue weighted by atomic mass is 32.1. The average molecular weight is 340 g/mol. The third kappa shape index (κ3) is 2.96. The van der Waals surface area contributed by atoms with Gasteiger partial charge in [0.1, 0.15) is 11.9 Å². The van der Waals surface area contributed by atoms with E-state index in [-0.39, 0.29) is 5.78 Å². The predicted molar refractivity (Wildman–Crippen MR) is 88.2 cm³/mol. The Morgan fingerprint density at radius 1 is 1.42 bits per heavy atom. The lowest BCUT2D eigenvalue weighted by molar-refractivity contribution is 0.101. The second kappa shape index (κ2) is 6.34. The zero-order valence-corrected chi connectivity index (χ0v) is 13.9. The molecule has 0 unspecified atom stereocenters. The number of nitriles is 1. The number of nitrogens with zero attached hydrogens (tertiary/aromatic N) is 4. The van der Waals surface area contributed by atoms with Gasteiger partial charge in [-0.2, -0.15) is 14.7 Å². The first-order chi connectivity index (χ1) is 11.5. The van der Waals surface area contributed by atoms with Crippen LogP contribution < -0.4 is 0 Å². The van der Waals surface area contributed by atoms with Crippen LogP contribution in [0.25, 0.3) is 11.3 Å². The molecule has 0 aliphatic carbocycles. The Bertz CT molecular complexity index is 967. The van der Waals surface area contributed by atoms with E-state index in [1.165, 1.54) is 30.6 Å². The summed E-state index contributed by atoms with van der Waals surface area (Å²) < 4.78 is 19.5. The van der Waals surface area contributed by atoms with Crippen LogP contribution >= 0.6 is 11.5 Å². The van der Waals surface area contributed by atoms with E-state index in [1.54, 1.807) is 23.9 Å². The molecular weight excluding hydrogens is 327 g/mol. The molecule has 1 aromatic carbocycles. The van der Waals surface area contributed by atoms with Crippen LogP contribution in [0.1, 0.15) is 34.2 Å². The molecule has 0 saturated carbocycles. The van der Waals surface area contributed by atoms with E-state index < -0.39 is 5.82 Å². The summed E-state index contributed by atoms with van der Waals surface area (Å²) in [4.78, 5) is 11.8. The van der Waals surface area contributed by atoms with Crippen LogP contribution in [0.4, 0.5) is 4.39 Å². The van der Waals surface area contributed by atoms with Crippen molar-refractivity contribution in [3.63, 3.8) is 0 Å². The van der Waals surface area contributed by atoms with Crippen LogP contribution in [0.15, 0.2) is 29.6 Å². The normalized spacial score (nSPS) is 10.6. The number of hydrogen-bond acceptors (Lipinski definition) is 5. The fourth-order valence-corrected chi connectivity index (χ4v) is 3.24. The first-order valence-electron chi connectivity index (χ1n) is 7.16. The quantitative estimate of drug-likeness (QED) is 0.683. The van der Waals surface area contributed by atoms with Crippen LogP contribution in [-0.4, -0.2) is 19.9 Å². The minimum Gasteiger partial charge on any atom is -0.294 e. The fourth-order valence-electron chi connectivity index (χ4n) is 2.54. The summed E-state index contributed by atoms with van der Waals surface area (Å²) in [6, 6.07) is 7.87. The molecule has 0 saturated heterocycles. The van der Waals surface area contributed by atoms with Crippen molar-refractivity contribution < 1.29 is 9.18 Å². The van der Waals surface area contributed by atoms with Crippen molar-refractivity contribution in [1.82, 2.24) is 14.2 Å². The van der Waals surface area contributed by atoms with Crippen molar-refractivity contribution in [3.8, 4) is 17.3 Å². The number of Topliss-reactive ketones (excluding diaryl/α,β-unsaturated/α-hetero) is 1. The van der Waals surface area contributed by atoms with Crippen molar-refractivity contribution in [2.45, 2.75) is 13.3 Å². The monoisotopic (exact) mass is 340 g/mol. The Hall–Kier alpha value is -2.85. The van der Waals surface area contributed by atoms with E-state index in [9.17, 15) is 9.18 Å². The average Bonchev–Trinajstić information content (AvgIpc) is 3.14. The number of aromatic nitrogens is 3. The molecular formula is C17H13FN4OS. The maximum atomic E-state index is 13.5. The molecule has 3 rings (SSSR count). The van der Waals surface area contributed by atoms with Crippen molar-refractivity contribution in [2.75, 3.05) is 0 Å². The van der Waals surface area contributed by atoms with Crippen LogP contribution in [0.3, 0.4) is 0 Å². The number of aryl methyl sites for hydroxylation is 1. The van der Waals surface area contributed by atoms with Gasteiger partial charge in [0, 0.05) is 35.7 Å². The first-order valence-corrected chi connectivity index (χ1v) is 8.00. The minimum absolute atomic E-state index is 0.212. The number of ketones is 1. The van der Waals surface area contributed by atoms with Gasteiger partial charge in [0.25, 0.3) is 0 Å². The number of carbonyl (C=O) groups is 1. The Kier molecular flexibility index (Phi) is 4.23. The smallest absolute Gasteiger partial charge is 0.162 e. The van der Waals surface area contributed by atoms with Gasteiger partial charge in [-0.05, 0) is 48.3 Å². The molecule has 24 heavy (non-hydrogen) atoms. The van der Waals surface area contributed by atoms with E-state index in [0.717, 1.165) is 11.3 Å². The number of carbonyl (C=O) groups excluding carboxylic acids is 1. The third-order valence-corrected chi connectivity index (χ3v) is 4.40. The van der Waals surface area contributed by atoms with Gasteiger partial charge in [0.2, 0.25) is 0 Å². The fraction of sp³-hybridized carbons (Fsp3) is 0.176. The SMILES string of the molecule is CC(=O)c1cc(F)ccc1-c1nscc1Cc1cc(C#N)nn1C. The van der Waals surface area contributed by atoms with Gasteiger partial charge < -0.3 is 0 Å². The van der Waals surface area contributed by atoms with Crippen molar-refractivity contribution >= 4 is 17.3 Å². The molecule has 0 aliphatic heterocycles. The Morgan fingerprint density at radius 2 is 2.21 bits per heavy atom. The second-order valence-electron chi connectivity index (χ2n) is 5.37. The molecule has 0 radical (unpaired) electrons. The Labute approximate surface area is 142 Å². The van der Waals surface area contributed by atoms with Gasteiger partial charge >= 0.3 is 0 Å². The van der Waals surface area contributed by atoms with Gasteiger partial charge in [-0.25, -0.2) is 4.39 Å². The molecule has 0 bridgehead atoms. The van der Waals surface area contributed by atoms with Gasteiger partial charge in [0.05, 0.1) is 5.69 Å². The number of hydrogen-bond donors (Lipinski definition) is 0. The van der Waals surface area contributed by atoms with Gasteiger partial charge in [-0.1, -0.05) is 0 Å². The summed E-state index contributed by atoms with van der Waals surface area (Å²) in [6.45, 7) is 1.41. The molecule has 120 valence electrons. The number of benzene rings is 1. The third-order valence-electron chi connectivity index (χ3n) is 3.72. The van der Waals surface area contributed by atoms with Crippen molar-refractivity contribution in [1.29, 1.82) is 5.26 Å². The van der Waals surface area contributed by atoms with Gasteiger partial charge in [-0.15, -0.1) is 0 Å². The van der Waals surface area contributed by atoms with Crippen molar-refractivity contribution in [2.24, 2.45) is 7.05 Å². The Balaban J connectivity index is 2.04. The molecule has 0 aliphatic rings. The van der Waals surface area contributed by atoms with E-state index in [4.69, 9.17) is 5.26 Å². The second-order valence-corrected chi connectivity index (χ2v) is 6.00. The minimum atomic E-state index is -0.453. The summed E-state index contributed by atoms with van der Waals surface area (Å²) in [5.41, 5.74) is 3.70. The molecule has 3 aromatic rings. The lowest BCUT2D eigenvalue weighted by atomic mass is 9.97. The lowest BCUT2D eigenvalue weighted by Gasteiger charge is -2.08. The van der Waals surface area contributed by atoms with E-state index >= 15 is 0 Å². The maximum absolute atomic E-state index is 13.5. The lowest BCUT2D eigenvalue weighted by Crippen LogP contribution is -2.02. The summed E-state index contributed by atoms with van der Waals surface area (Å²) in [7, 11) is 1.77. The van der Waals surface area contributed by atoms with E-state index in [2.05, 4.69) is 9.47 Å². The molecule has 0 spiro atoms. The molecule has 0 fully saturated rings. The number of rotatable bonds is 4. The predicted octanol–water partition coefficient (Wildman–Crippen LogP) is 3.35.